The van der Waals surface area contributed by atoms with Crippen LogP contribution in [0.1, 0.15) is 17.5 Å². The summed E-state index contributed by atoms with van der Waals surface area (Å²) in [7, 11) is 1.61. The molecule has 2 unspecified atom stereocenters. The zero-order valence-electron chi connectivity index (χ0n) is 12.4. The number of carboxylic acids is 1. The van der Waals surface area contributed by atoms with Gasteiger partial charge in [-0.2, -0.15) is 0 Å². The van der Waals surface area contributed by atoms with E-state index in [1.165, 1.54) is 9.80 Å². The van der Waals surface area contributed by atoms with Crippen LogP contribution in [0.3, 0.4) is 0 Å². The van der Waals surface area contributed by atoms with Crippen molar-refractivity contribution in [3.63, 3.8) is 0 Å². The van der Waals surface area contributed by atoms with Crippen LogP contribution in [0.25, 0.3) is 0 Å². The molecule has 2 N–H and O–H groups in total. The van der Waals surface area contributed by atoms with Gasteiger partial charge in [0.2, 0.25) is 0 Å². The molecular weight excluding hydrogens is 272 g/mol. The molecule has 1 aliphatic heterocycles. The van der Waals surface area contributed by atoms with Gasteiger partial charge in [-0.25, -0.2) is 9.59 Å². The van der Waals surface area contributed by atoms with Gasteiger partial charge in [-0.05, 0) is 25.5 Å². The van der Waals surface area contributed by atoms with Crippen molar-refractivity contribution < 1.29 is 19.8 Å². The quantitative estimate of drug-likeness (QED) is 0.863. The van der Waals surface area contributed by atoms with E-state index in [1.54, 1.807) is 7.05 Å². The van der Waals surface area contributed by atoms with E-state index in [-0.39, 0.29) is 13.0 Å². The number of aliphatic carboxylic acids is 1. The van der Waals surface area contributed by atoms with Crippen LogP contribution >= 0.6 is 0 Å². The summed E-state index contributed by atoms with van der Waals surface area (Å²) in [6.07, 6.45) is -0.718. The van der Waals surface area contributed by atoms with Crippen LogP contribution in [0.2, 0.25) is 0 Å². The number of aliphatic hydroxyl groups is 1. The molecule has 1 aliphatic rings. The Morgan fingerprint density at radius 3 is 2.57 bits per heavy atom. The van der Waals surface area contributed by atoms with Gasteiger partial charge in [0.05, 0.1) is 6.10 Å². The van der Waals surface area contributed by atoms with Crippen LogP contribution < -0.4 is 4.90 Å². The second kappa shape index (κ2) is 5.73. The number of carbonyl (C=O) groups excluding carboxylic acids is 1. The maximum absolute atomic E-state index is 12.5. The lowest BCUT2D eigenvalue weighted by molar-refractivity contribution is -0.141. The molecule has 0 radical (unpaired) electrons. The van der Waals surface area contributed by atoms with Crippen molar-refractivity contribution in [3.05, 3.63) is 29.3 Å². The van der Waals surface area contributed by atoms with Gasteiger partial charge in [0.1, 0.15) is 6.04 Å². The fourth-order valence-electron chi connectivity index (χ4n) is 2.74. The molecule has 2 atom stereocenters. The molecule has 0 aromatic heterocycles. The van der Waals surface area contributed by atoms with E-state index in [9.17, 15) is 19.8 Å². The molecule has 1 aromatic carbocycles. The third kappa shape index (κ3) is 3.00. The number of rotatable bonds is 2. The Labute approximate surface area is 123 Å². The lowest BCUT2D eigenvalue weighted by atomic mass is 10.1. The summed E-state index contributed by atoms with van der Waals surface area (Å²) in [4.78, 5) is 26.4. The molecule has 1 heterocycles. The average molecular weight is 292 g/mol. The molecule has 0 aliphatic carbocycles. The number of anilines is 1. The summed E-state index contributed by atoms with van der Waals surface area (Å²) in [6.45, 7) is 3.92. The van der Waals surface area contributed by atoms with Crippen LogP contribution in [0.15, 0.2) is 18.2 Å². The number of hydrogen-bond donors (Lipinski definition) is 2. The number of carbonyl (C=O) groups is 2. The van der Waals surface area contributed by atoms with Crippen molar-refractivity contribution in [2.75, 3.05) is 18.5 Å². The number of hydrogen-bond acceptors (Lipinski definition) is 3. The number of urea groups is 1. The first-order valence-corrected chi connectivity index (χ1v) is 6.83. The maximum Gasteiger partial charge on any atom is 0.326 e. The van der Waals surface area contributed by atoms with E-state index in [0.717, 1.165) is 16.8 Å². The molecule has 0 saturated carbocycles. The Kier molecular flexibility index (Phi) is 4.18. The Balaban J connectivity index is 2.24. The molecule has 21 heavy (non-hydrogen) atoms. The van der Waals surface area contributed by atoms with Gasteiger partial charge in [-0.15, -0.1) is 0 Å². The highest BCUT2D eigenvalue weighted by atomic mass is 16.4. The van der Waals surface area contributed by atoms with Gasteiger partial charge in [0.25, 0.3) is 0 Å². The minimum atomic E-state index is -1.09. The van der Waals surface area contributed by atoms with Gasteiger partial charge in [-0.1, -0.05) is 17.7 Å². The predicted molar refractivity (Wildman–Crippen MR) is 78.5 cm³/mol. The number of carboxylic acid groups (broad SMARTS) is 1. The highest BCUT2D eigenvalue weighted by Crippen LogP contribution is 2.25. The van der Waals surface area contributed by atoms with E-state index in [2.05, 4.69) is 0 Å². The van der Waals surface area contributed by atoms with E-state index >= 15 is 0 Å². The standard InChI is InChI=1S/C15H20N2O4/c1-9-4-5-12(10(2)6-9)16(3)15(21)17-8-11(18)7-13(17)14(19)20/h4-6,11,13,18H,7-8H2,1-3H3,(H,19,20). The third-order valence-corrected chi connectivity index (χ3v) is 3.81. The SMILES string of the molecule is Cc1ccc(N(C)C(=O)N2CC(O)CC2C(=O)O)c(C)c1. The number of amides is 2. The molecule has 6 heteroatoms. The summed E-state index contributed by atoms with van der Waals surface area (Å²) >= 11 is 0. The van der Waals surface area contributed by atoms with Crippen molar-refractivity contribution in [2.45, 2.75) is 32.4 Å². The predicted octanol–water partition coefficient (Wildman–Crippen LogP) is 1.38. The molecule has 0 bridgehead atoms. The Morgan fingerprint density at radius 2 is 2.00 bits per heavy atom. The number of likely N-dealkylation sites (tertiary alicyclic amines) is 1. The minimum absolute atomic E-state index is 0.0467. The fourth-order valence-corrected chi connectivity index (χ4v) is 2.74. The molecule has 114 valence electrons. The van der Waals surface area contributed by atoms with Crippen molar-refractivity contribution in [1.29, 1.82) is 0 Å². The number of aliphatic hydroxyl groups excluding tert-OH is 1. The summed E-state index contributed by atoms with van der Waals surface area (Å²) in [5.41, 5.74) is 2.77. The molecular formula is C15H20N2O4. The second-order valence-corrected chi connectivity index (χ2v) is 5.53. The van der Waals surface area contributed by atoms with Gasteiger partial charge < -0.3 is 15.1 Å². The zero-order chi connectivity index (χ0) is 15.7. The topological polar surface area (TPSA) is 81.1 Å². The van der Waals surface area contributed by atoms with Crippen LogP contribution in [0, 0.1) is 13.8 Å². The summed E-state index contributed by atoms with van der Waals surface area (Å²) in [6, 6.07) is 4.32. The molecule has 1 fully saturated rings. The van der Waals surface area contributed by atoms with Crippen LogP contribution in [0.5, 0.6) is 0 Å². The van der Waals surface area contributed by atoms with Crippen molar-refractivity contribution in [2.24, 2.45) is 0 Å². The van der Waals surface area contributed by atoms with Crippen molar-refractivity contribution >= 4 is 17.7 Å². The lowest BCUT2D eigenvalue weighted by Crippen LogP contribution is -2.47. The number of β-amino-alcohol motifs (C(OH)–C–C–N with tert-alkyl or cyclic N) is 1. The monoisotopic (exact) mass is 292 g/mol. The largest absolute Gasteiger partial charge is 0.480 e. The summed E-state index contributed by atoms with van der Waals surface area (Å²) < 4.78 is 0. The molecule has 2 amide bonds. The minimum Gasteiger partial charge on any atom is -0.480 e. The molecule has 1 aromatic rings. The molecule has 6 nitrogen and oxygen atoms in total. The Bertz CT molecular complexity index is 573. The van der Waals surface area contributed by atoms with Crippen molar-refractivity contribution in [3.8, 4) is 0 Å². The zero-order valence-corrected chi connectivity index (χ0v) is 12.4. The summed E-state index contributed by atoms with van der Waals surface area (Å²) in [5.74, 6) is -1.09. The normalized spacial score (nSPS) is 21.4. The first-order valence-electron chi connectivity index (χ1n) is 6.83. The first-order chi connectivity index (χ1) is 9.81. The van der Waals surface area contributed by atoms with E-state index in [1.807, 2.05) is 32.0 Å². The Morgan fingerprint density at radius 1 is 1.33 bits per heavy atom. The number of benzene rings is 1. The van der Waals surface area contributed by atoms with Crippen LogP contribution in [-0.2, 0) is 4.79 Å². The second-order valence-electron chi connectivity index (χ2n) is 5.53. The lowest BCUT2D eigenvalue weighted by Gasteiger charge is -2.28. The summed E-state index contributed by atoms with van der Waals surface area (Å²) in [5, 5.41) is 18.8. The van der Waals surface area contributed by atoms with Crippen LogP contribution in [-0.4, -0.2) is 52.9 Å². The Hall–Kier alpha value is -2.08. The highest BCUT2D eigenvalue weighted by Gasteiger charge is 2.40. The first kappa shape index (κ1) is 15.3. The molecule has 2 rings (SSSR count). The average Bonchev–Trinajstić information content (AvgIpc) is 2.79. The van der Waals surface area contributed by atoms with Gasteiger partial charge in [-0.3, -0.25) is 4.90 Å². The van der Waals surface area contributed by atoms with Gasteiger partial charge >= 0.3 is 12.0 Å². The van der Waals surface area contributed by atoms with E-state index in [4.69, 9.17) is 0 Å². The van der Waals surface area contributed by atoms with E-state index < -0.39 is 24.1 Å². The molecule has 1 saturated heterocycles. The van der Waals surface area contributed by atoms with Crippen molar-refractivity contribution in [1.82, 2.24) is 4.90 Å². The third-order valence-electron chi connectivity index (χ3n) is 3.81. The number of nitrogens with zero attached hydrogens (tertiary/aromatic N) is 2. The van der Waals surface area contributed by atoms with Gasteiger partial charge in [0, 0.05) is 25.7 Å². The number of aryl methyl sites for hydroxylation is 2. The smallest absolute Gasteiger partial charge is 0.326 e. The van der Waals surface area contributed by atoms with Crippen LogP contribution in [0.4, 0.5) is 10.5 Å². The highest BCUT2D eigenvalue weighted by molar-refractivity contribution is 5.95. The maximum atomic E-state index is 12.5. The van der Waals surface area contributed by atoms with Gasteiger partial charge in [0.15, 0.2) is 0 Å². The molecule has 0 spiro atoms. The van der Waals surface area contributed by atoms with E-state index in [0.29, 0.717) is 0 Å². The fraction of sp³-hybridized carbons (Fsp3) is 0.467.